The van der Waals surface area contributed by atoms with E-state index in [2.05, 4.69) is 36.7 Å². The fourth-order valence-electron chi connectivity index (χ4n) is 1.64. The van der Waals surface area contributed by atoms with Crippen LogP contribution in [0.25, 0.3) is 5.70 Å². The van der Waals surface area contributed by atoms with Crippen LogP contribution in [0.4, 0.5) is 0 Å². The van der Waals surface area contributed by atoms with E-state index in [1.165, 1.54) is 0 Å². The molecule has 0 spiro atoms. The Bertz CT molecular complexity index is 475. The monoisotopic (exact) mass is 258 g/mol. The van der Waals surface area contributed by atoms with Crippen molar-refractivity contribution in [2.75, 3.05) is 0 Å². The minimum Gasteiger partial charge on any atom is -0.507 e. The minimum atomic E-state index is 0.138. The average molecular weight is 258 g/mol. The Balaban J connectivity index is 2.79. The van der Waals surface area contributed by atoms with Crippen molar-refractivity contribution in [3.63, 3.8) is 0 Å². The third kappa shape index (κ3) is 4.70. The highest BCUT2D eigenvalue weighted by atomic mass is 16.3. The smallest absolute Gasteiger partial charge is 0.125 e. The number of hydrogen-bond acceptors (Lipinski definition) is 3. The summed E-state index contributed by atoms with van der Waals surface area (Å²) in [6.07, 6.45) is 4.97. The first-order valence-electron chi connectivity index (χ1n) is 6.55. The van der Waals surface area contributed by atoms with Crippen LogP contribution in [-0.4, -0.2) is 11.1 Å². The number of aromatic hydroxyl groups is 1. The second kappa shape index (κ2) is 7.52. The number of nitrogens with zero attached hydrogens (tertiary/aromatic N) is 2. The second-order valence-corrected chi connectivity index (χ2v) is 4.80. The lowest BCUT2D eigenvalue weighted by Crippen LogP contribution is -2.10. The van der Waals surface area contributed by atoms with Gasteiger partial charge in [0.1, 0.15) is 5.75 Å². The highest BCUT2D eigenvalue weighted by Crippen LogP contribution is 2.25. The van der Waals surface area contributed by atoms with Gasteiger partial charge in [0.05, 0.1) is 11.7 Å². The lowest BCUT2D eigenvalue weighted by molar-refractivity contribution is 0.472. The maximum absolute atomic E-state index is 9.72. The van der Waals surface area contributed by atoms with Crippen LogP contribution >= 0.6 is 0 Å². The van der Waals surface area contributed by atoms with Gasteiger partial charge in [0.25, 0.3) is 0 Å². The van der Waals surface area contributed by atoms with Gasteiger partial charge in [-0.3, -0.25) is 0 Å². The van der Waals surface area contributed by atoms with Gasteiger partial charge >= 0.3 is 0 Å². The first-order valence-corrected chi connectivity index (χ1v) is 6.55. The summed E-state index contributed by atoms with van der Waals surface area (Å²) in [6.45, 7) is 10.1. The van der Waals surface area contributed by atoms with Crippen molar-refractivity contribution in [3.8, 4) is 5.75 Å². The number of hydrogen-bond donors (Lipinski definition) is 1. The molecule has 0 fully saturated rings. The molecule has 1 atom stereocenters. The van der Waals surface area contributed by atoms with Crippen molar-refractivity contribution in [2.45, 2.75) is 33.2 Å². The van der Waals surface area contributed by atoms with Gasteiger partial charge in [0, 0.05) is 5.56 Å². The largest absolute Gasteiger partial charge is 0.507 e. The van der Waals surface area contributed by atoms with Crippen molar-refractivity contribution < 1.29 is 5.11 Å². The SMILES string of the molecule is C=C(N=N[C@H](C/C=C\C)C(C)C)c1ccccc1O. The molecule has 3 nitrogen and oxygen atoms in total. The maximum Gasteiger partial charge on any atom is 0.125 e. The zero-order valence-corrected chi connectivity index (χ0v) is 11.9. The van der Waals surface area contributed by atoms with Crippen LogP contribution < -0.4 is 0 Å². The van der Waals surface area contributed by atoms with Gasteiger partial charge in [0.15, 0.2) is 0 Å². The van der Waals surface area contributed by atoms with Crippen LogP contribution in [0.5, 0.6) is 5.75 Å². The van der Waals surface area contributed by atoms with E-state index >= 15 is 0 Å². The Morgan fingerprint density at radius 3 is 2.63 bits per heavy atom. The fraction of sp³-hybridized carbons (Fsp3) is 0.375. The third-order valence-corrected chi connectivity index (χ3v) is 2.92. The molecule has 0 aliphatic carbocycles. The zero-order chi connectivity index (χ0) is 14.3. The van der Waals surface area contributed by atoms with Crippen LogP contribution in [0.1, 0.15) is 32.8 Å². The van der Waals surface area contributed by atoms with Gasteiger partial charge in [-0.25, -0.2) is 0 Å². The number of benzene rings is 1. The lowest BCUT2D eigenvalue weighted by atomic mass is 10.0. The molecule has 0 bridgehead atoms. The molecular weight excluding hydrogens is 236 g/mol. The summed E-state index contributed by atoms with van der Waals surface area (Å²) < 4.78 is 0. The second-order valence-electron chi connectivity index (χ2n) is 4.80. The molecule has 0 aromatic heterocycles. The van der Waals surface area contributed by atoms with Crippen molar-refractivity contribution in [3.05, 3.63) is 48.6 Å². The van der Waals surface area contributed by atoms with E-state index in [0.29, 0.717) is 17.2 Å². The predicted molar refractivity (Wildman–Crippen MR) is 80.1 cm³/mol. The van der Waals surface area contributed by atoms with Gasteiger partial charge < -0.3 is 5.11 Å². The molecule has 0 saturated heterocycles. The number of rotatable bonds is 6. The van der Waals surface area contributed by atoms with E-state index in [-0.39, 0.29) is 11.8 Å². The summed E-state index contributed by atoms with van der Waals surface area (Å²) in [7, 11) is 0. The Labute approximate surface area is 115 Å². The first-order chi connectivity index (χ1) is 9.06. The topological polar surface area (TPSA) is 45.0 Å². The number of phenols is 1. The molecule has 1 aromatic rings. The van der Waals surface area contributed by atoms with Gasteiger partial charge in [0.2, 0.25) is 0 Å². The quantitative estimate of drug-likeness (QED) is 0.577. The normalized spacial score (nSPS) is 13.5. The highest BCUT2D eigenvalue weighted by Gasteiger charge is 2.11. The maximum atomic E-state index is 9.72. The van der Waals surface area contributed by atoms with E-state index in [4.69, 9.17) is 0 Å². The molecule has 102 valence electrons. The van der Waals surface area contributed by atoms with E-state index in [1.807, 2.05) is 19.1 Å². The van der Waals surface area contributed by atoms with Gasteiger partial charge in [-0.1, -0.05) is 44.7 Å². The number of azo groups is 1. The van der Waals surface area contributed by atoms with Crippen LogP contribution in [-0.2, 0) is 0 Å². The number of phenolic OH excluding ortho intramolecular Hbond substituents is 1. The van der Waals surface area contributed by atoms with Crippen molar-refractivity contribution >= 4 is 5.70 Å². The first kappa shape index (κ1) is 15.2. The molecule has 0 aliphatic heterocycles. The summed E-state index contributed by atoms with van der Waals surface area (Å²) in [5, 5.41) is 18.2. The molecule has 0 saturated carbocycles. The molecule has 19 heavy (non-hydrogen) atoms. The summed E-state index contributed by atoms with van der Waals surface area (Å²) in [4.78, 5) is 0. The average Bonchev–Trinajstić information content (AvgIpc) is 2.38. The molecule has 0 unspecified atom stereocenters. The summed E-state index contributed by atoms with van der Waals surface area (Å²) >= 11 is 0. The Morgan fingerprint density at radius 1 is 1.37 bits per heavy atom. The third-order valence-electron chi connectivity index (χ3n) is 2.92. The van der Waals surface area contributed by atoms with Gasteiger partial charge in [-0.15, -0.1) is 0 Å². The standard InChI is InChI=1S/C16H22N2O/c1-5-6-10-15(12(2)3)18-17-13(4)14-9-7-8-11-16(14)19/h5-9,11-12,15,19H,4,10H2,1-3H3/b6-5-,18-17?/t15-/m1/s1. The summed E-state index contributed by atoms with van der Waals surface area (Å²) in [5.41, 5.74) is 1.11. The molecule has 0 heterocycles. The molecule has 1 aromatic carbocycles. The van der Waals surface area contributed by atoms with Crippen LogP contribution in [0.2, 0.25) is 0 Å². The summed E-state index contributed by atoms with van der Waals surface area (Å²) in [5.74, 6) is 0.595. The van der Waals surface area contributed by atoms with Crippen LogP contribution in [0, 0.1) is 5.92 Å². The van der Waals surface area contributed by atoms with Gasteiger partial charge in [-0.05, 0) is 31.4 Å². The van der Waals surface area contributed by atoms with Crippen molar-refractivity contribution in [1.82, 2.24) is 0 Å². The van der Waals surface area contributed by atoms with E-state index in [1.54, 1.807) is 18.2 Å². The molecule has 0 amide bonds. The van der Waals surface area contributed by atoms with Crippen LogP contribution in [0.3, 0.4) is 0 Å². The van der Waals surface area contributed by atoms with Crippen molar-refractivity contribution in [2.24, 2.45) is 16.1 Å². The van der Waals surface area contributed by atoms with Gasteiger partial charge in [-0.2, -0.15) is 10.2 Å². The van der Waals surface area contributed by atoms with E-state index in [9.17, 15) is 5.11 Å². The van der Waals surface area contributed by atoms with E-state index < -0.39 is 0 Å². The molecular formula is C16H22N2O. The highest BCUT2D eigenvalue weighted by molar-refractivity contribution is 5.66. The Morgan fingerprint density at radius 2 is 2.05 bits per heavy atom. The number of allylic oxidation sites excluding steroid dienone is 1. The molecule has 0 aliphatic rings. The van der Waals surface area contributed by atoms with E-state index in [0.717, 1.165) is 6.42 Å². The van der Waals surface area contributed by atoms with Crippen LogP contribution in [0.15, 0.2) is 53.2 Å². The zero-order valence-electron chi connectivity index (χ0n) is 11.9. The Hall–Kier alpha value is -1.90. The van der Waals surface area contributed by atoms with Crippen molar-refractivity contribution in [1.29, 1.82) is 0 Å². The lowest BCUT2D eigenvalue weighted by Gasteiger charge is -2.13. The summed E-state index contributed by atoms with van der Waals surface area (Å²) in [6, 6.07) is 7.16. The number of para-hydroxylation sites is 1. The molecule has 1 rings (SSSR count). The Kier molecular flexibility index (Phi) is 6.00. The minimum absolute atomic E-state index is 0.138. The molecule has 3 heteroatoms. The molecule has 1 N–H and O–H groups in total. The predicted octanol–water partition coefficient (Wildman–Crippen LogP) is 4.81. The fourth-order valence-corrected chi connectivity index (χ4v) is 1.64. The molecule has 0 radical (unpaired) electrons.